The minimum Gasteiger partial charge on any atom is -0.175 e. The van der Waals surface area contributed by atoms with Gasteiger partial charge in [0.1, 0.15) is 0 Å². The Hall–Kier alpha value is 0.0900. The zero-order valence-electron chi connectivity index (χ0n) is 4.94. The van der Waals surface area contributed by atoms with Crippen LogP contribution in [0.5, 0.6) is 0 Å². The van der Waals surface area contributed by atoms with Gasteiger partial charge in [-0.05, 0) is 13.3 Å². The fourth-order valence-corrected chi connectivity index (χ4v) is 0.612. The average molecular weight is 116 g/mol. The quantitative estimate of drug-likeness (QED) is 0.415. The maximum Gasteiger partial charge on any atom is 0.00850 e. The van der Waals surface area contributed by atoms with E-state index in [1.807, 2.05) is 0 Å². The molecular formula is C6H12S. The largest absolute Gasteiger partial charge is 0.175 e. The summed E-state index contributed by atoms with van der Waals surface area (Å²) in [5, 5.41) is 0. The van der Waals surface area contributed by atoms with Crippen LogP contribution in [0, 0.1) is 0 Å². The van der Waals surface area contributed by atoms with Crippen LogP contribution >= 0.6 is 12.6 Å². The lowest BCUT2D eigenvalue weighted by atomic mass is 10.2. The van der Waals surface area contributed by atoms with Gasteiger partial charge in [0.25, 0.3) is 0 Å². The molecule has 0 saturated carbocycles. The molecule has 0 aromatic rings. The first-order valence-corrected chi connectivity index (χ1v) is 3.21. The molecule has 0 aromatic heterocycles. The normalized spacial score (nSPS) is 12.1. The minimum absolute atomic E-state index is 0.875. The van der Waals surface area contributed by atoms with Crippen LogP contribution in [0.25, 0.3) is 0 Å². The smallest absolute Gasteiger partial charge is 0.00850 e. The first kappa shape index (κ1) is 7.09. The van der Waals surface area contributed by atoms with Crippen LogP contribution in [0.3, 0.4) is 0 Å². The number of hydrogen-bond acceptors (Lipinski definition) is 1. The third-order valence-electron chi connectivity index (χ3n) is 0.997. The highest BCUT2D eigenvalue weighted by Gasteiger charge is 1.77. The summed E-state index contributed by atoms with van der Waals surface area (Å²) in [6.45, 7) is 4.27. The van der Waals surface area contributed by atoms with Gasteiger partial charge in [0, 0.05) is 5.75 Å². The van der Waals surface area contributed by atoms with Crippen LogP contribution in [-0.2, 0) is 0 Å². The highest BCUT2D eigenvalue weighted by molar-refractivity contribution is 7.80. The molecule has 0 aliphatic carbocycles. The van der Waals surface area contributed by atoms with E-state index in [2.05, 4.69) is 32.6 Å². The third kappa shape index (κ3) is 3.93. The Labute approximate surface area is 51.0 Å². The van der Waals surface area contributed by atoms with Gasteiger partial charge in [-0.2, -0.15) is 12.6 Å². The summed E-state index contributed by atoms with van der Waals surface area (Å²) in [5.74, 6) is 0.875. The SMILES string of the molecule is CCC(C)=CCS. The van der Waals surface area contributed by atoms with Gasteiger partial charge in [-0.15, -0.1) is 0 Å². The third-order valence-corrected chi connectivity index (χ3v) is 1.18. The zero-order chi connectivity index (χ0) is 5.70. The van der Waals surface area contributed by atoms with Crippen molar-refractivity contribution in [1.82, 2.24) is 0 Å². The van der Waals surface area contributed by atoms with E-state index in [4.69, 9.17) is 0 Å². The molecule has 1 heteroatoms. The topological polar surface area (TPSA) is 0 Å². The van der Waals surface area contributed by atoms with Crippen molar-refractivity contribution in [3.05, 3.63) is 11.6 Å². The maximum absolute atomic E-state index is 4.04. The van der Waals surface area contributed by atoms with Gasteiger partial charge in [0.05, 0.1) is 0 Å². The maximum atomic E-state index is 4.04. The summed E-state index contributed by atoms with van der Waals surface area (Å²) in [7, 11) is 0. The zero-order valence-corrected chi connectivity index (χ0v) is 5.83. The summed E-state index contributed by atoms with van der Waals surface area (Å²) in [4.78, 5) is 0. The van der Waals surface area contributed by atoms with E-state index in [-0.39, 0.29) is 0 Å². The highest BCUT2D eigenvalue weighted by atomic mass is 32.1. The van der Waals surface area contributed by atoms with Gasteiger partial charge in [-0.1, -0.05) is 18.6 Å². The Bertz CT molecular complexity index is 64.6. The van der Waals surface area contributed by atoms with E-state index >= 15 is 0 Å². The Balaban J connectivity index is 3.29. The summed E-state index contributed by atoms with van der Waals surface area (Å²) >= 11 is 4.04. The molecule has 0 bridgehead atoms. The van der Waals surface area contributed by atoms with E-state index < -0.39 is 0 Å². The Morgan fingerprint density at radius 1 is 1.71 bits per heavy atom. The predicted molar refractivity (Wildman–Crippen MR) is 37.9 cm³/mol. The van der Waals surface area contributed by atoms with Crippen LogP contribution < -0.4 is 0 Å². The van der Waals surface area contributed by atoms with Crippen molar-refractivity contribution in [2.45, 2.75) is 20.3 Å². The fraction of sp³-hybridized carbons (Fsp3) is 0.667. The van der Waals surface area contributed by atoms with E-state index in [9.17, 15) is 0 Å². The molecule has 0 N–H and O–H groups in total. The summed E-state index contributed by atoms with van der Waals surface area (Å²) in [5.41, 5.74) is 1.43. The number of thiol groups is 1. The van der Waals surface area contributed by atoms with Gasteiger partial charge in [0.15, 0.2) is 0 Å². The molecular weight excluding hydrogens is 104 g/mol. The first-order valence-electron chi connectivity index (χ1n) is 2.57. The first-order chi connectivity index (χ1) is 3.31. The Kier molecular flexibility index (Phi) is 4.31. The molecule has 0 rings (SSSR count). The van der Waals surface area contributed by atoms with Crippen LogP contribution in [0.15, 0.2) is 11.6 Å². The van der Waals surface area contributed by atoms with Gasteiger partial charge < -0.3 is 0 Å². The van der Waals surface area contributed by atoms with Crippen molar-refractivity contribution in [2.24, 2.45) is 0 Å². The van der Waals surface area contributed by atoms with Crippen molar-refractivity contribution in [3.8, 4) is 0 Å². The van der Waals surface area contributed by atoms with Gasteiger partial charge in [0.2, 0.25) is 0 Å². The summed E-state index contributed by atoms with van der Waals surface area (Å²) < 4.78 is 0. The summed E-state index contributed by atoms with van der Waals surface area (Å²) in [6, 6.07) is 0. The van der Waals surface area contributed by atoms with Gasteiger partial charge in [-0.3, -0.25) is 0 Å². The van der Waals surface area contributed by atoms with Crippen molar-refractivity contribution in [2.75, 3.05) is 5.75 Å². The molecule has 0 amide bonds. The molecule has 0 aromatic carbocycles. The van der Waals surface area contributed by atoms with Crippen molar-refractivity contribution in [3.63, 3.8) is 0 Å². The number of hydrogen-bond donors (Lipinski definition) is 1. The number of allylic oxidation sites excluding steroid dienone is 1. The molecule has 0 atom stereocenters. The minimum atomic E-state index is 0.875. The molecule has 42 valence electrons. The lowest BCUT2D eigenvalue weighted by molar-refractivity contribution is 1.09. The summed E-state index contributed by atoms with van der Waals surface area (Å²) in [6.07, 6.45) is 3.28. The molecule has 0 nitrogen and oxygen atoms in total. The monoisotopic (exact) mass is 116 g/mol. The van der Waals surface area contributed by atoms with Gasteiger partial charge >= 0.3 is 0 Å². The molecule has 0 spiro atoms. The van der Waals surface area contributed by atoms with Crippen LogP contribution in [0.1, 0.15) is 20.3 Å². The van der Waals surface area contributed by atoms with Crippen molar-refractivity contribution >= 4 is 12.6 Å². The lowest BCUT2D eigenvalue weighted by Crippen LogP contribution is -1.70. The van der Waals surface area contributed by atoms with Crippen LogP contribution in [-0.4, -0.2) is 5.75 Å². The van der Waals surface area contributed by atoms with Crippen molar-refractivity contribution < 1.29 is 0 Å². The molecule has 0 aliphatic heterocycles. The molecule has 0 aliphatic rings. The second-order valence-corrected chi connectivity index (χ2v) is 1.95. The van der Waals surface area contributed by atoms with Crippen LogP contribution in [0.4, 0.5) is 0 Å². The molecule has 0 radical (unpaired) electrons. The van der Waals surface area contributed by atoms with Gasteiger partial charge in [-0.25, -0.2) is 0 Å². The predicted octanol–water partition coefficient (Wildman–Crippen LogP) is 2.27. The van der Waals surface area contributed by atoms with E-state index in [1.54, 1.807) is 0 Å². The molecule has 0 heterocycles. The molecule has 7 heavy (non-hydrogen) atoms. The second-order valence-electron chi connectivity index (χ2n) is 1.59. The molecule has 0 saturated heterocycles. The Morgan fingerprint density at radius 2 is 2.29 bits per heavy atom. The fourth-order valence-electron chi connectivity index (χ4n) is 0.300. The van der Waals surface area contributed by atoms with Crippen LogP contribution in [0.2, 0.25) is 0 Å². The van der Waals surface area contributed by atoms with E-state index in [1.165, 1.54) is 5.57 Å². The lowest BCUT2D eigenvalue weighted by Gasteiger charge is -1.88. The van der Waals surface area contributed by atoms with E-state index in [0.29, 0.717) is 0 Å². The van der Waals surface area contributed by atoms with Crippen molar-refractivity contribution in [1.29, 1.82) is 0 Å². The number of rotatable bonds is 2. The standard InChI is InChI=1S/C6H12S/c1-3-6(2)4-5-7/h4,7H,3,5H2,1-2H3. The second kappa shape index (κ2) is 4.25. The van der Waals surface area contributed by atoms with E-state index in [0.717, 1.165) is 12.2 Å². The molecule has 0 fully saturated rings. The Morgan fingerprint density at radius 3 is 2.43 bits per heavy atom. The highest BCUT2D eigenvalue weighted by Crippen LogP contribution is 1.96. The molecule has 0 unspecified atom stereocenters. The average Bonchev–Trinajstić information content (AvgIpc) is 1.68.